The SMILES string of the molecule is c1ccc(COc2ccc3c(-c4cccs4)cccc3c2)cc1. The molecule has 112 valence electrons. The number of ether oxygens (including phenoxy) is 1. The molecule has 23 heavy (non-hydrogen) atoms. The minimum absolute atomic E-state index is 0.594. The highest BCUT2D eigenvalue weighted by atomic mass is 32.1. The zero-order valence-corrected chi connectivity index (χ0v) is 13.4. The third kappa shape index (κ3) is 2.99. The Kier molecular flexibility index (Phi) is 3.83. The van der Waals surface area contributed by atoms with Crippen molar-refractivity contribution in [3.63, 3.8) is 0 Å². The summed E-state index contributed by atoms with van der Waals surface area (Å²) < 4.78 is 5.93. The molecule has 4 rings (SSSR count). The summed E-state index contributed by atoms with van der Waals surface area (Å²) in [5.74, 6) is 0.907. The molecule has 0 fully saturated rings. The van der Waals surface area contributed by atoms with Gasteiger partial charge in [0.2, 0.25) is 0 Å². The molecule has 0 unspecified atom stereocenters. The molecule has 0 saturated carbocycles. The van der Waals surface area contributed by atoms with E-state index >= 15 is 0 Å². The molecule has 0 aliphatic heterocycles. The van der Waals surface area contributed by atoms with Crippen LogP contribution in [0.1, 0.15) is 5.56 Å². The molecule has 0 N–H and O–H groups in total. The monoisotopic (exact) mass is 316 g/mol. The molecule has 2 heteroatoms. The molecule has 0 amide bonds. The van der Waals surface area contributed by atoms with E-state index in [2.05, 4.69) is 66.0 Å². The lowest BCUT2D eigenvalue weighted by molar-refractivity contribution is 0.306. The number of hydrogen-bond acceptors (Lipinski definition) is 2. The summed E-state index contributed by atoms with van der Waals surface area (Å²) in [6.07, 6.45) is 0. The number of hydrogen-bond donors (Lipinski definition) is 0. The van der Waals surface area contributed by atoms with Crippen LogP contribution in [0, 0.1) is 0 Å². The Bertz CT molecular complexity index is 911. The van der Waals surface area contributed by atoms with Gasteiger partial charge in [-0.2, -0.15) is 0 Å². The molecule has 4 aromatic rings. The first kappa shape index (κ1) is 14.0. The normalized spacial score (nSPS) is 10.8. The summed E-state index contributed by atoms with van der Waals surface area (Å²) in [6.45, 7) is 0.594. The van der Waals surface area contributed by atoms with Crippen LogP contribution in [-0.2, 0) is 6.61 Å². The molecule has 1 nitrogen and oxygen atoms in total. The van der Waals surface area contributed by atoms with Crippen LogP contribution in [0.4, 0.5) is 0 Å². The maximum Gasteiger partial charge on any atom is 0.120 e. The second-order valence-electron chi connectivity index (χ2n) is 5.44. The molecule has 0 aliphatic carbocycles. The summed E-state index contributed by atoms with van der Waals surface area (Å²) in [5.41, 5.74) is 2.46. The van der Waals surface area contributed by atoms with Gasteiger partial charge in [0.15, 0.2) is 0 Å². The Morgan fingerprint density at radius 1 is 0.783 bits per heavy atom. The Morgan fingerprint density at radius 3 is 2.52 bits per heavy atom. The van der Waals surface area contributed by atoms with E-state index in [0.717, 1.165) is 5.75 Å². The van der Waals surface area contributed by atoms with Crippen molar-refractivity contribution in [2.45, 2.75) is 6.61 Å². The molecular formula is C21H16OS. The van der Waals surface area contributed by atoms with Gasteiger partial charge in [0, 0.05) is 4.88 Å². The fraction of sp³-hybridized carbons (Fsp3) is 0.0476. The average molecular weight is 316 g/mol. The van der Waals surface area contributed by atoms with Crippen molar-refractivity contribution in [2.24, 2.45) is 0 Å². The average Bonchev–Trinajstić information content (AvgIpc) is 3.14. The number of thiophene rings is 1. The van der Waals surface area contributed by atoms with Gasteiger partial charge in [-0.1, -0.05) is 60.7 Å². The van der Waals surface area contributed by atoms with Crippen LogP contribution < -0.4 is 4.74 Å². The zero-order chi connectivity index (χ0) is 15.5. The van der Waals surface area contributed by atoms with E-state index < -0.39 is 0 Å². The maximum atomic E-state index is 5.93. The topological polar surface area (TPSA) is 9.23 Å². The molecule has 0 saturated heterocycles. The first-order valence-electron chi connectivity index (χ1n) is 7.63. The van der Waals surface area contributed by atoms with E-state index in [4.69, 9.17) is 4.74 Å². The van der Waals surface area contributed by atoms with E-state index in [-0.39, 0.29) is 0 Å². The van der Waals surface area contributed by atoms with E-state index in [9.17, 15) is 0 Å². The first-order valence-corrected chi connectivity index (χ1v) is 8.51. The Labute approximate surface area is 139 Å². The Morgan fingerprint density at radius 2 is 1.70 bits per heavy atom. The number of benzene rings is 3. The van der Waals surface area contributed by atoms with Crippen molar-refractivity contribution in [1.29, 1.82) is 0 Å². The molecule has 1 aromatic heterocycles. The molecule has 0 radical (unpaired) electrons. The van der Waals surface area contributed by atoms with Gasteiger partial charge < -0.3 is 4.74 Å². The summed E-state index contributed by atoms with van der Waals surface area (Å²) >= 11 is 1.77. The van der Waals surface area contributed by atoms with Crippen molar-refractivity contribution in [2.75, 3.05) is 0 Å². The van der Waals surface area contributed by atoms with E-state index in [1.54, 1.807) is 11.3 Å². The van der Waals surface area contributed by atoms with Gasteiger partial charge in [-0.3, -0.25) is 0 Å². The molecule has 3 aromatic carbocycles. The van der Waals surface area contributed by atoms with Gasteiger partial charge >= 0.3 is 0 Å². The maximum absolute atomic E-state index is 5.93. The van der Waals surface area contributed by atoms with Crippen LogP contribution in [0.15, 0.2) is 84.2 Å². The first-order chi connectivity index (χ1) is 11.4. The van der Waals surface area contributed by atoms with Crippen molar-refractivity contribution in [3.8, 4) is 16.2 Å². The molecule has 0 bridgehead atoms. The van der Waals surface area contributed by atoms with Gasteiger partial charge in [-0.05, 0) is 45.5 Å². The minimum Gasteiger partial charge on any atom is -0.489 e. The van der Waals surface area contributed by atoms with Gasteiger partial charge in [-0.25, -0.2) is 0 Å². The predicted molar refractivity (Wildman–Crippen MR) is 98.0 cm³/mol. The zero-order valence-electron chi connectivity index (χ0n) is 12.6. The largest absolute Gasteiger partial charge is 0.489 e. The third-order valence-electron chi connectivity index (χ3n) is 3.89. The van der Waals surface area contributed by atoms with Crippen LogP contribution >= 0.6 is 11.3 Å². The highest BCUT2D eigenvalue weighted by molar-refractivity contribution is 7.13. The summed E-state index contributed by atoms with van der Waals surface area (Å²) in [4.78, 5) is 1.30. The molecular weight excluding hydrogens is 300 g/mol. The Balaban J connectivity index is 1.64. The lowest BCUT2D eigenvalue weighted by Gasteiger charge is -2.09. The van der Waals surface area contributed by atoms with Gasteiger partial charge in [0.1, 0.15) is 12.4 Å². The van der Waals surface area contributed by atoms with Crippen molar-refractivity contribution in [1.82, 2.24) is 0 Å². The quantitative estimate of drug-likeness (QED) is 0.439. The fourth-order valence-electron chi connectivity index (χ4n) is 2.74. The van der Waals surface area contributed by atoms with Gasteiger partial charge in [0.25, 0.3) is 0 Å². The predicted octanol–water partition coefficient (Wildman–Crippen LogP) is 6.15. The van der Waals surface area contributed by atoms with E-state index in [0.29, 0.717) is 6.61 Å². The highest BCUT2D eigenvalue weighted by Gasteiger charge is 2.05. The number of fused-ring (bicyclic) bond motifs is 1. The van der Waals surface area contributed by atoms with Crippen molar-refractivity contribution < 1.29 is 4.74 Å². The molecule has 1 heterocycles. The summed E-state index contributed by atoms with van der Waals surface area (Å²) in [5, 5.41) is 4.59. The van der Waals surface area contributed by atoms with Gasteiger partial charge in [-0.15, -0.1) is 11.3 Å². The Hall–Kier alpha value is -2.58. The van der Waals surface area contributed by atoms with E-state index in [1.807, 2.05) is 18.2 Å². The lowest BCUT2D eigenvalue weighted by atomic mass is 10.0. The fourth-order valence-corrected chi connectivity index (χ4v) is 3.50. The second-order valence-corrected chi connectivity index (χ2v) is 6.39. The highest BCUT2D eigenvalue weighted by Crippen LogP contribution is 2.33. The molecule has 0 spiro atoms. The standard InChI is InChI=1S/C21H16OS/c1-2-6-16(7-3-1)15-22-18-11-12-19-17(14-18)8-4-9-20(19)21-10-5-13-23-21/h1-14H,15H2. The van der Waals surface area contributed by atoms with Crippen LogP contribution in [-0.4, -0.2) is 0 Å². The van der Waals surface area contributed by atoms with Crippen LogP contribution in [0.25, 0.3) is 21.2 Å². The molecule has 0 atom stereocenters. The van der Waals surface area contributed by atoms with Crippen LogP contribution in [0.2, 0.25) is 0 Å². The lowest BCUT2D eigenvalue weighted by Crippen LogP contribution is -1.94. The smallest absolute Gasteiger partial charge is 0.120 e. The van der Waals surface area contributed by atoms with E-state index in [1.165, 1.54) is 26.8 Å². The summed E-state index contributed by atoms with van der Waals surface area (Å²) in [7, 11) is 0. The van der Waals surface area contributed by atoms with Gasteiger partial charge in [0.05, 0.1) is 0 Å². The second kappa shape index (κ2) is 6.27. The van der Waals surface area contributed by atoms with Crippen molar-refractivity contribution >= 4 is 22.1 Å². The molecule has 0 aliphatic rings. The van der Waals surface area contributed by atoms with Crippen LogP contribution in [0.5, 0.6) is 5.75 Å². The van der Waals surface area contributed by atoms with Crippen LogP contribution in [0.3, 0.4) is 0 Å². The number of rotatable bonds is 4. The third-order valence-corrected chi connectivity index (χ3v) is 4.79. The summed E-state index contributed by atoms with van der Waals surface area (Å²) in [6, 6.07) is 27.3. The van der Waals surface area contributed by atoms with Crippen molar-refractivity contribution in [3.05, 3.63) is 89.8 Å². The minimum atomic E-state index is 0.594.